The number of fused-ring (bicyclic) bond motifs is 4. The molecule has 0 spiro atoms. The molecule has 2 heterocycles. The maximum atomic E-state index is 15.3. The molecule has 6 atom stereocenters. The Kier molecular flexibility index (Phi) is 8.34. The SMILES string of the molecule is COc1ccc(C23C(=O)N(Nc4ccc(Cl)cc4Cl)C(=O)C2CC2C(=CCC4C(=O)N(Cc5ccccc5)C(=O)C42)C3c2ccc(O)c(F)c2)cc1. The highest BCUT2D eigenvalue weighted by Gasteiger charge is 2.70. The standard InChI is InChI=1S/C40H32Cl2FN3O6/c1-52-25-11-8-23(9-12-25)40-29(37(49)46(39(40)51)44-32-15-10-24(41)18-30(32)42)19-28-26(35(40)22-7-16-33(47)31(43)17-22)13-14-27-34(28)38(50)45(36(27)48)20-21-5-3-2-4-6-21/h2-13,15-18,27-29,34-35,44,47H,14,19-20H2,1H3. The predicted octanol–water partition coefficient (Wildman–Crippen LogP) is 7.03. The van der Waals surface area contributed by atoms with Crippen LogP contribution in [0.25, 0.3) is 0 Å². The van der Waals surface area contributed by atoms with E-state index in [0.717, 1.165) is 10.6 Å². The summed E-state index contributed by atoms with van der Waals surface area (Å²) >= 11 is 12.6. The second kappa shape index (κ2) is 12.8. The monoisotopic (exact) mass is 739 g/mol. The number of rotatable bonds is 7. The number of likely N-dealkylation sites (tertiary alicyclic amines) is 1. The second-order valence-corrected chi connectivity index (χ2v) is 14.5. The van der Waals surface area contributed by atoms with Gasteiger partial charge in [0.05, 0.1) is 47.5 Å². The molecule has 0 bridgehead atoms. The van der Waals surface area contributed by atoms with Crippen LogP contribution in [0.15, 0.2) is 103 Å². The Bertz CT molecular complexity index is 2180. The molecule has 4 aliphatic rings. The zero-order chi connectivity index (χ0) is 36.5. The van der Waals surface area contributed by atoms with Crippen LogP contribution < -0.4 is 10.2 Å². The smallest absolute Gasteiger partial charge is 0.260 e. The van der Waals surface area contributed by atoms with Crippen molar-refractivity contribution in [2.75, 3.05) is 12.5 Å². The van der Waals surface area contributed by atoms with Gasteiger partial charge in [0, 0.05) is 10.9 Å². The van der Waals surface area contributed by atoms with Gasteiger partial charge in [-0.15, -0.1) is 0 Å². The van der Waals surface area contributed by atoms with Crippen molar-refractivity contribution in [3.63, 3.8) is 0 Å². The number of carbonyl (C=O) groups excluding carboxylic acids is 4. The fourth-order valence-electron chi connectivity index (χ4n) is 8.91. The van der Waals surface area contributed by atoms with Gasteiger partial charge in [0.1, 0.15) is 5.75 Å². The van der Waals surface area contributed by atoms with Gasteiger partial charge in [0.2, 0.25) is 11.8 Å². The molecule has 9 nitrogen and oxygen atoms in total. The molecule has 12 heteroatoms. The summed E-state index contributed by atoms with van der Waals surface area (Å²) in [6.07, 6.45) is 2.17. The first kappa shape index (κ1) is 33.9. The molecule has 4 aromatic rings. The molecule has 4 amide bonds. The highest BCUT2D eigenvalue weighted by molar-refractivity contribution is 6.36. The number of phenolic OH excluding ortho intramolecular Hbond substituents is 1. The number of anilines is 1. The third kappa shape index (κ3) is 5.10. The van der Waals surface area contributed by atoms with Crippen LogP contribution in [0, 0.1) is 29.5 Å². The van der Waals surface area contributed by atoms with Crippen LogP contribution in [-0.4, -0.2) is 45.8 Å². The van der Waals surface area contributed by atoms with Crippen LogP contribution in [-0.2, 0) is 31.1 Å². The molecule has 1 saturated carbocycles. The normalized spacial score (nSPS) is 26.5. The Morgan fingerprint density at radius 2 is 1.65 bits per heavy atom. The Labute approximate surface area is 308 Å². The number of benzene rings is 4. The van der Waals surface area contributed by atoms with Crippen LogP contribution in [0.5, 0.6) is 11.5 Å². The van der Waals surface area contributed by atoms with E-state index in [-0.39, 0.29) is 41.9 Å². The summed E-state index contributed by atoms with van der Waals surface area (Å²) in [5.74, 6) is -6.93. The van der Waals surface area contributed by atoms with Crippen molar-refractivity contribution in [2.45, 2.75) is 30.7 Å². The Morgan fingerprint density at radius 3 is 2.35 bits per heavy atom. The maximum Gasteiger partial charge on any atom is 0.260 e. The third-order valence-corrected chi connectivity index (χ3v) is 11.7. The van der Waals surface area contributed by atoms with E-state index in [1.165, 1.54) is 36.3 Å². The largest absolute Gasteiger partial charge is 0.505 e. The summed E-state index contributed by atoms with van der Waals surface area (Å²) in [4.78, 5) is 59.6. The van der Waals surface area contributed by atoms with Crippen molar-refractivity contribution in [1.29, 1.82) is 0 Å². The highest BCUT2D eigenvalue weighted by atomic mass is 35.5. The van der Waals surface area contributed by atoms with Gasteiger partial charge in [0.15, 0.2) is 11.6 Å². The number of hydrogen-bond acceptors (Lipinski definition) is 7. The second-order valence-electron chi connectivity index (χ2n) is 13.7. The highest BCUT2D eigenvalue weighted by Crippen LogP contribution is 2.64. The Hall–Kier alpha value is -5.19. The third-order valence-electron chi connectivity index (χ3n) is 11.2. The number of nitrogens with one attached hydrogen (secondary N) is 1. The molecule has 52 heavy (non-hydrogen) atoms. The molecule has 2 saturated heterocycles. The molecule has 4 aromatic carbocycles. The number of nitrogens with zero attached hydrogens (tertiary/aromatic N) is 2. The van der Waals surface area contributed by atoms with E-state index in [1.54, 1.807) is 36.4 Å². The summed E-state index contributed by atoms with van der Waals surface area (Å²) in [6.45, 7) is 0.107. The van der Waals surface area contributed by atoms with Crippen molar-refractivity contribution in [3.8, 4) is 11.5 Å². The lowest BCUT2D eigenvalue weighted by Crippen LogP contribution is -2.53. The quantitative estimate of drug-likeness (QED) is 0.154. The van der Waals surface area contributed by atoms with E-state index in [4.69, 9.17) is 27.9 Å². The van der Waals surface area contributed by atoms with E-state index in [0.29, 0.717) is 27.5 Å². The molecule has 0 aromatic heterocycles. The van der Waals surface area contributed by atoms with Crippen molar-refractivity contribution in [2.24, 2.45) is 23.7 Å². The number of amides is 4. The fourth-order valence-corrected chi connectivity index (χ4v) is 9.36. The minimum atomic E-state index is -1.65. The minimum absolute atomic E-state index is 0.0609. The number of allylic oxidation sites excluding steroid dienone is 2. The van der Waals surface area contributed by atoms with E-state index >= 15 is 9.18 Å². The number of carbonyl (C=O) groups is 4. The van der Waals surface area contributed by atoms with Crippen molar-refractivity contribution >= 4 is 52.5 Å². The Balaban J connectivity index is 1.31. The van der Waals surface area contributed by atoms with E-state index < -0.39 is 58.4 Å². The van der Waals surface area contributed by atoms with E-state index in [2.05, 4.69) is 5.43 Å². The Morgan fingerprint density at radius 1 is 0.904 bits per heavy atom. The summed E-state index contributed by atoms with van der Waals surface area (Å²) in [6, 6.07) is 24.6. The van der Waals surface area contributed by atoms with Gasteiger partial charge >= 0.3 is 0 Å². The number of ether oxygens (including phenoxy) is 1. The average Bonchev–Trinajstić information content (AvgIpc) is 3.51. The van der Waals surface area contributed by atoms with Gasteiger partial charge in [-0.3, -0.25) is 29.5 Å². The zero-order valence-corrected chi connectivity index (χ0v) is 29.3. The van der Waals surface area contributed by atoms with Crippen molar-refractivity contribution in [1.82, 2.24) is 9.91 Å². The fraction of sp³-hybridized carbons (Fsp3) is 0.250. The molecule has 2 N–H and O–H groups in total. The number of phenols is 1. The molecule has 6 unspecified atom stereocenters. The van der Waals surface area contributed by atoms with Gasteiger partial charge in [0.25, 0.3) is 11.8 Å². The molecule has 0 radical (unpaired) electrons. The molecular weight excluding hydrogens is 708 g/mol. The summed E-state index contributed by atoms with van der Waals surface area (Å²) in [5, 5.41) is 11.7. The van der Waals surface area contributed by atoms with Crippen molar-refractivity contribution in [3.05, 3.63) is 135 Å². The number of halogens is 3. The summed E-state index contributed by atoms with van der Waals surface area (Å²) in [7, 11) is 1.51. The lowest BCUT2D eigenvalue weighted by molar-refractivity contribution is -0.142. The molecule has 8 rings (SSSR count). The number of hydrogen-bond donors (Lipinski definition) is 2. The van der Waals surface area contributed by atoms with Gasteiger partial charge in [-0.25, -0.2) is 4.39 Å². The van der Waals surface area contributed by atoms with Crippen LogP contribution in [0.3, 0.4) is 0 Å². The molecule has 264 valence electrons. The summed E-state index contributed by atoms with van der Waals surface area (Å²) < 4.78 is 20.8. The lowest BCUT2D eigenvalue weighted by atomic mass is 9.49. The van der Waals surface area contributed by atoms with Crippen LogP contribution in [0.1, 0.15) is 35.4 Å². The first-order valence-electron chi connectivity index (χ1n) is 16.9. The maximum absolute atomic E-state index is 15.3. The van der Waals surface area contributed by atoms with Gasteiger partial charge in [-0.05, 0) is 77.9 Å². The molecule has 3 fully saturated rings. The van der Waals surface area contributed by atoms with Crippen molar-refractivity contribution < 1.29 is 33.4 Å². The van der Waals surface area contributed by atoms with Crippen LogP contribution in [0.4, 0.5) is 10.1 Å². The van der Waals surface area contributed by atoms with Gasteiger partial charge < -0.3 is 9.84 Å². The number of aromatic hydroxyl groups is 1. The average molecular weight is 741 g/mol. The molecule has 2 aliphatic heterocycles. The predicted molar refractivity (Wildman–Crippen MR) is 191 cm³/mol. The first-order valence-corrected chi connectivity index (χ1v) is 17.6. The van der Waals surface area contributed by atoms with Crippen LogP contribution >= 0.6 is 23.2 Å². The lowest BCUT2D eigenvalue weighted by Gasteiger charge is -2.50. The topological polar surface area (TPSA) is 116 Å². The minimum Gasteiger partial charge on any atom is -0.505 e. The van der Waals surface area contributed by atoms with Crippen LogP contribution in [0.2, 0.25) is 10.0 Å². The van der Waals surface area contributed by atoms with E-state index in [9.17, 15) is 19.5 Å². The molecular formula is C40H32Cl2FN3O6. The zero-order valence-electron chi connectivity index (χ0n) is 27.8. The number of methoxy groups -OCH3 is 1. The summed E-state index contributed by atoms with van der Waals surface area (Å²) in [5.41, 5.74) is 3.81. The van der Waals surface area contributed by atoms with Gasteiger partial charge in [-0.1, -0.05) is 83.4 Å². The van der Waals surface area contributed by atoms with E-state index in [1.807, 2.05) is 36.4 Å². The number of hydrazine groups is 1. The first-order chi connectivity index (χ1) is 25.0. The van der Waals surface area contributed by atoms with Gasteiger partial charge in [-0.2, -0.15) is 5.01 Å². The number of imide groups is 2. The molecule has 2 aliphatic carbocycles.